The second-order valence-electron chi connectivity index (χ2n) is 8.08. The Balaban J connectivity index is 1.62. The zero-order chi connectivity index (χ0) is 22.4. The highest BCUT2D eigenvalue weighted by Gasteiger charge is 2.26. The highest BCUT2D eigenvalue weighted by atomic mass is 35.5. The fraction of sp³-hybridized carbons (Fsp3) is 0.435. The Morgan fingerprint density at radius 2 is 1.77 bits per heavy atom. The van der Waals surface area contributed by atoms with E-state index in [-0.39, 0.29) is 16.8 Å². The number of para-hydroxylation sites is 1. The molecular formula is C23H30ClN3O3S. The molecule has 0 bridgehead atoms. The molecule has 1 aliphatic rings. The van der Waals surface area contributed by atoms with E-state index in [0.29, 0.717) is 49.0 Å². The van der Waals surface area contributed by atoms with Crippen molar-refractivity contribution in [2.75, 3.05) is 24.5 Å². The molecule has 1 heterocycles. The summed E-state index contributed by atoms with van der Waals surface area (Å²) in [5.74, 6) is 0.363. The zero-order valence-electron chi connectivity index (χ0n) is 18.0. The van der Waals surface area contributed by atoms with Gasteiger partial charge >= 0.3 is 0 Å². The number of nitrogens with one attached hydrogen (secondary N) is 2. The Bertz CT molecular complexity index is 987. The molecule has 2 N–H and O–H groups in total. The number of hydrogen-bond acceptors (Lipinski definition) is 4. The lowest BCUT2D eigenvalue weighted by Crippen LogP contribution is -2.45. The van der Waals surface area contributed by atoms with Crippen LogP contribution < -0.4 is 14.9 Å². The molecule has 8 heteroatoms. The van der Waals surface area contributed by atoms with Crippen molar-refractivity contribution < 1.29 is 13.2 Å². The molecule has 1 aliphatic heterocycles. The summed E-state index contributed by atoms with van der Waals surface area (Å²) in [5.41, 5.74) is 1.55. The first-order valence-electron chi connectivity index (χ1n) is 10.7. The first-order valence-corrected chi connectivity index (χ1v) is 12.6. The van der Waals surface area contributed by atoms with E-state index in [4.69, 9.17) is 11.6 Å². The highest BCUT2D eigenvalue weighted by Crippen LogP contribution is 2.25. The minimum Gasteiger partial charge on any atom is -0.371 e. The van der Waals surface area contributed by atoms with Crippen molar-refractivity contribution in [3.63, 3.8) is 0 Å². The van der Waals surface area contributed by atoms with Crippen LogP contribution in [-0.4, -0.2) is 40.0 Å². The van der Waals surface area contributed by atoms with Crippen LogP contribution in [0.3, 0.4) is 0 Å². The number of amides is 1. The van der Waals surface area contributed by atoms with Crippen LogP contribution in [0.4, 0.5) is 5.69 Å². The Labute approximate surface area is 190 Å². The van der Waals surface area contributed by atoms with Gasteiger partial charge in [-0.3, -0.25) is 4.79 Å². The molecule has 3 rings (SSSR count). The number of rotatable bonds is 8. The van der Waals surface area contributed by atoms with Gasteiger partial charge in [0, 0.05) is 36.4 Å². The monoisotopic (exact) mass is 463 g/mol. The molecule has 0 aromatic heterocycles. The minimum atomic E-state index is -3.59. The van der Waals surface area contributed by atoms with Crippen molar-refractivity contribution >= 4 is 33.2 Å². The molecule has 6 nitrogen and oxygen atoms in total. The summed E-state index contributed by atoms with van der Waals surface area (Å²) in [6.45, 7) is 6.21. The van der Waals surface area contributed by atoms with Crippen LogP contribution in [0.2, 0.25) is 5.02 Å². The molecular weight excluding hydrogens is 434 g/mol. The molecule has 0 unspecified atom stereocenters. The van der Waals surface area contributed by atoms with Gasteiger partial charge in [-0.15, -0.1) is 0 Å². The number of halogens is 1. The van der Waals surface area contributed by atoms with E-state index in [9.17, 15) is 13.2 Å². The summed E-state index contributed by atoms with van der Waals surface area (Å²) in [6.07, 6.45) is 2.34. The number of anilines is 1. The largest absolute Gasteiger partial charge is 0.371 e. The van der Waals surface area contributed by atoms with Gasteiger partial charge in [-0.05, 0) is 55.2 Å². The molecule has 0 spiro atoms. The Hall–Kier alpha value is -2.09. The topological polar surface area (TPSA) is 78.5 Å². The molecule has 1 saturated heterocycles. The van der Waals surface area contributed by atoms with Gasteiger partial charge in [0.1, 0.15) is 0 Å². The summed E-state index contributed by atoms with van der Waals surface area (Å²) in [6, 6.07) is 13.6. The van der Waals surface area contributed by atoms with Gasteiger partial charge in [-0.25, -0.2) is 13.1 Å². The van der Waals surface area contributed by atoms with Gasteiger partial charge in [0.05, 0.1) is 10.5 Å². The van der Waals surface area contributed by atoms with Crippen molar-refractivity contribution in [3.8, 4) is 0 Å². The molecule has 31 heavy (non-hydrogen) atoms. The minimum absolute atomic E-state index is 0.0681. The van der Waals surface area contributed by atoms with E-state index in [1.54, 1.807) is 12.1 Å². The molecule has 2 aromatic rings. The maximum absolute atomic E-state index is 12.7. The Kier molecular flexibility index (Phi) is 7.97. The van der Waals surface area contributed by atoms with Crippen LogP contribution in [0.1, 0.15) is 43.5 Å². The van der Waals surface area contributed by atoms with Gasteiger partial charge in [-0.2, -0.15) is 0 Å². The molecule has 1 atom stereocenters. The maximum atomic E-state index is 12.7. The third-order valence-electron chi connectivity index (χ3n) is 5.74. The molecule has 0 aliphatic carbocycles. The summed E-state index contributed by atoms with van der Waals surface area (Å²) >= 11 is 5.86. The van der Waals surface area contributed by atoms with E-state index < -0.39 is 10.0 Å². The second kappa shape index (κ2) is 10.5. The zero-order valence-corrected chi connectivity index (χ0v) is 19.5. The molecule has 168 valence electrons. The number of piperidine rings is 1. The van der Waals surface area contributed by atoms with E-state index in [1.165, 1.54) is 12.1 Å². The second-order valence-corrected chi connectivity index (χ2v) is 10.2. The number of carbonyl (C=O) groups is 1. The van der Waals surface area contributed by atoms with Crippen molar-refractivity contribution in [3.05, 3.63) is 59.1 Å². The Morgan fingerprint density at radius 1 is 1.13 bits per heavy atom. The van der Waals surface area contributed by atoms with Crippen molar-refractivity contribution in [1.29, 1.82) is 0 Å². The lowest BCUT2D eigenvalue weighted by Gasteiger charge is -2.34. The molecule has 1 fully saturated rings. The fourth-order valence-corrected chi connectivity index (χ4v) is 5.02. The average molecular weight is 464 g/mol. The normalized spacial score (nSPS) is 16.2. The van der Waals surface area contributed by atoms with Gasteiger partial charge in [-0.1, -0.05) is 44.0 Å². The lowest BCUT2D eigenvalue weighted by atomic mass is 10.0. The molecule has 2 aromatic carbocycles. The van der Waals surface area contributed by atoms with Crippen LogP contribution in [0, 0.1) is 5.92 Å². The lowest BCUT2D eigenvalue weighted by molar-refractivity contribution is 0.0948. The average Bonchev–Trinajstić information content (AvgIpc) is 2.77. The van der Waals surface area contributed by atoms with Crippen molar-refractivity contribution in [1.82, 2.24) is 10.0 Å². The predicted molar refractivity (Wildman–Crippen MR) is 125 cm³/mol. The number of nitrogens with zero attached hydrogens (tertiary/aromatic N) is 1. The third kappa shape index (κ3) is 6.21. The van der Waals surface area contributed by atoms with E-state index >= 15 is 0 Å². The number of carbonyl (C=O) groups excluding carboxylic acids is 1. The SMILES string of the molecule is CC[C@H](C)CNC(=O)c1ccccc1N1CCC(NS(=O)(=O)c2ccc(Cl)cc2)CC1. The maximum Gasteiger partial charge on any atom is 0.253 e. The summed E-state index contributed by atoms with van der Waals surface area (Å²) < 4.78 is 28.1. The van der Waals surface area contributed by atoms with Gasteiger partial charge in [0.2, 0.25) is 10.0 Å². The van der Waals surface area contributed by atoms with E-state index in [2.05, 4.69) is 28.8 Å². The van der Waals surface area contributed by atoms with Crippen LogP contribution in [-0.2, 0) is 10.0 Å². The predicted octanol–water partition coefficient (Wildman–Crippen LogP) is 4.06. The summed E-state index contributed by atoms with van der Waals surface area (Å²) in [5, 5.41) is 3.52. The standard InChI is InChI=1S/C23H30ClN3O3S/c1-3-17(2)16-25-23(28)21-6-4-5-7-22(21)27-14-12-19(13-15-27)26-31(29,30)20-10-8-18(24)9-11-20/h4-11,17,19,26H,3,12-16H2,1-2H3,(H,25,28)/t17-/m0/s1. The fourth-order valence-electron chi connectivity index (χ4n) is 3.59. The van der Waals surface area contributed by atoms with Crippen molar-refractivity contribution in [2.45, 2.75) is 44.0 Å². The van der Waals surface area contributed by atoms with Gasteiger partial charge in [0.15, 0.2) is 0 Å². The van der Waals surface area contributed by atoms with E-state index in [1.807, 2.05) is 24.3 Å². The summed E-state index contributed by atoms with van der Waals surface area (Å²) in [7, 11) is -3.59. The Morgan fingerprint density at radius 3 is 2.42 bits per heavy atom. The third-order valence-corrected chi connectivity index (χ3v) is 7.53. The molecule has 0 saturated carbocycles. The van der Waals surface area contributed by atoms with Gasteiger partial charge in [0.25, 0.3) is 5.91 Å². The first-order chi connectivity index (χ1) is 14.8. The van der Waals surface area contributed by atoms with Crippen LogP contribution in [0.5, 0.6) is 0 Å². The van der Waals surface area contributed by atoms with Crippen molar-refractivity contribution in [2.24, 2.45) is 5.92 Å². The number of hydrogen-bond donors (Lipinski definition) is 2. The van der Waals surface area contributed by atoms with Gasteiger partial charge < -0.3 is 10.2 Å². The highest BCUT2D eigenvalue weighted by molar-refractivity contribution is 7.89. The number of sulfonamides is 1. The smallest absolute Gasteiger partial charge is 0.253 e. The number of benzene rings is 2. The molecule has 1 amide bonds. The van der Waals surface area contributed by atoms with Crippen LogP contribution >= 0.6 is 11.6 Å². The van der Waals surface area contributed by atoms with Crippen LogP contribution in [0.15, 0.2) is 53.4 Å². The van der Waals surface area contributed by atoms with Crippen LogP contribution in [0.25, 0.3) is 0 Å². The molecule has 0 radical (unpaired) electrons. The quantitative estimate of drug-likeness (QED) is 0.618. The summed E-state index contributed by atoms with van der Waals surface area (Å²) in [4.78, 5) is 15.1. The van der Waals surface area contributed by atoms with E-state index in [0.717, 1.165) is 12.1 Å². The first kappa shape index (κ1) is 23.6.